The van der Waals surface area contributed by atoms with Crippen molar-refractivity contribution in [1.82, 2.24) is 15.1 Å². The van der Waals surface area contributed by atoms with E-state index in [1.54, 1.807) is 10.9 Å². The molecule has 1 aromatic heterocycles. The van der Waals surface area contributed by atoms with Crippen LogP contribution in [0.5, 0.6) is 0 Å². The standard InChI is InChI=1S/C14H18N4O/c1-2-15-10-8-14(19)17-12-6-3-4-7-13(12)18-11-5-9-16-18/h3-7,9,11,15H,2,8,10H2,1H3,(H,17,19). The van der Waals surface area contributed by atoms with Crippen molar-refractivity contribution >= 4 is 11.6 Å². The lowest BCUT2D eigenvalue weighted by molar-refractivity contribution is -0.116. The first-order valence-electron chi connectivity index (χ1n) is 6.41. The third-order valence-corrected chi connectivity index (χ3v) is 2.71. The zero-order chi connectivity index (χ0) is 13.5. The predicted octanol–water partition coefficient (Wildman–Crippen LogP) is 1.81. The van der Waals surface area contributed by atoms with Crippen molar-refractivity contribution in [2.75, 3.05) is 18.4 Å². The van der Waals surface area contributed by atoms with Gasteiger partial charge in [-0.25, -0.2) is 4.68 Å². The highest BCUT2D eigenvalue weighted by Gasteiger charge is 2.07. The molecular formula is C14H18N4O. The smallest absolute Gasteiger partial charge is 0.225 e. The van der Waals surface area contributed by atoms with Crippen molar-refractivity contribution in [3.8, 4) is 5.69 Å². The van der Waals surface area contributed by atoms with Gasteiger partial charge >= 0.3 is 0 Å². The van der Waals surface area contributed by atoms with Crippen LogP contribution in [0, 0.1) is 0 Å². The van der Waals surface area contributed by atoms with E-state index in [9.17, 15) is 4.79 Å². The van der Waals surface area contributed by atoms with E-state index in [0.29, 0.717) is 13.0 Å². The number of hydrogen-bond donors (Lipinski definition) is 2. The summed E-state index contributed by atoms with van der Waals surface area (Å²) in [6.45, 7) is 3.58. The van der Waals surface area contributed by atoms with Crippen LogP contribution in [0.3, 0.4) is 0 Å². The Kier molecular flexibility index (Phi) is 4.69. The first-order valence-corrected chi connectivity index (χ1v) is 6.41. The van der Waals surface area contributed by atoms with Gasteiger partial charge in [-0.2, -0.15) is 5.10 Å². The van der Waals surface area contributed by atoms with Crippen LogP contribution >= 0.6 is 0 Å². The number of anilines is 1. The molecule has 0 radical (unpaired) electrons. The van der Waals surface area contributed by atoms with E-state index in [1.165, 1.54) is 0 Å². The van der Waals surface area contributed by atoms with E-state index >= 15 is 0 Å². The Labute approximate surface area is 112 Å². The van der Waals surface area contributed by atoms with E-state index in [2.05, 4.69) is 15.7 Å². The zero-order valence-electron chi connectivity index (χ0n) is 11.0. The number of carbonyl (C=O) groups is 1. The summed E-state index contributed by atoms with van der Waals surface area (Å²) in [6, 6.07) is 9.47. The van der Waals surface area contributed by atoms with Gasteiger partial charge in [-0.3, -0.25) is 4.79 Å². The van der Waals surface area contributed by atoms with Gasteiger partial charge in [0.1, 0.15) is 0 Å². The summed E-state index contributed by atoms with van der Waals surface area (Å²) in [5.74, 6) is 0.000515. The second kappa shape index (κ2) is 6.70. The average molecular weight is 258 g/mol. The highest BCUT2D eigenvalue weighted by Crippen LogP contribution is 2.18. The summed E-state index contributed by atoms with van der Waals surface area (Å²) < 4.78 is 1.74. The number of benzene rings is 1. The lowest BCUT2D eigenvalue weighted by Gasteiger charge is -2.11. The summed E-state index contributed by atoms with van der Waals surface area (Å²) in [7, 11) is 0. The third kappa shape index (κ3) is 3.66. The first kappa shape index (κ1) is 13.3. The number of nitrogens with zero attached hydrogens (tertiary/aromatic N) is 2. The fourth-order valence-electron chi connectivity index (χ4n) is 1.78. The van der Waals surface area contributed by atoms with Crippen LogP contribution in [-0.2, 0) is 4.79 Å². The molecule has 0 fully saturated rings. The molecule has 0 aliphatic rings. The van der Waals surface area contributed by atoms with Gasteiger partial charge in [0.25, 0.3) is 0 Å². The van der Waals surface area contributed by atoms with Crippen molar-refractivity contribution in [3.63, 3.8) is 0 Å². The molecule has 0 aliphatic carbocycles. The van der Waals surface area contributed by atoms with Crippen LogP contribution in [0.4, 0.5) is 5.69 Å². The Balaban J connectivity index is 2.06. The lowest BCUT2D eigenvalue weighted by Crippen LogP contribution is -2.21. The molecule has 1 aromatic carbocycles. The maximum atomic E-state index is 11.8. The molecule has 0 aliphatic heterocycles. The van der Waals surface area contributed by atoms with Crippen molar-refractivity contribution in [1.29, 1.82) is 0 Å². The summed E-state index contributed by atoms with van der Waals surface area (Å²) in [4.78, 5) is 11.8. The normalized spacial score (nSPS) is 10.4. The number of amides is 1. The fourth-order valence-corrected chi connectivity index (χ4v) is 1.78. The van der Waals surface area contributed by atoms with Crippen molar-refractivity contribution < 1.29 is 4.79 Å². The molecule has 0 spiro atoms. The number of hydrogen-bond acceptors (Lipinski definition) is 3. The van der Waals surface area contributed by atoms with E-state index < -0.39 is 0 Å². The molecule has 19 heavy (non-hydrogen) atoms. The largest absolute Gasteiger partial charge is 0.324 e. The summed E-state index contributed by atoms with van der Waals surface area (Å²) in [6.07, 6.45) is 4.02. The SMILES string of the molecule is CCNCCC(=O)Nc1ccccc1-n1cccn1. The average Bonchev–Trinajstić information content (AvgIpc) is 2.93. The maximum absolute atomic E-state index is 11.8. The van der Waals surface area contributed by atoms with Gasteiger partial charge in [-0.1, -0.05) is 19.1 Å². The maximum Gasteiger partial charge on any atom is 0.225 e. The molecule has 1 amide bonds. The number of para-hydroxylation sites is 2. The molecule has 5 heteroatoms. The number of aromatic nitrogens is 2. The van der Waals surface area contributed by atoms with Crippen LogP contribution < -0.4 is 10.6 Å². The van der Waals surface area contributed by atoms with Gasteiger partial charge in [0.15, 0.2) is 0 Å². The third-order valence-electron chi connectivity index (χ3n) is 2.71. The first-order chi connectivity index (χ1) is 9.31. The minimum atomic E-state index is 0.000515. The fraction of sp³-hybridized carbons (Fsp3) is 0.286. The monoisotopic (exact) mass is 258 g/mol. The van der Waals surface area contributed by atoms with Gasteiger partial charge < -0.3 is 10.6 Å². The Morgan fingerprint density at radius 2 is 2.16 bits per heavy atom. The molecule has 2 aromatic rings. The van der Waals surface area contributed by atoms with Crippen LogP contribution in [0.15, 0.2) is 42.7 Å². The highest BCUT2D eigenvalue weighted by molar-refractivity contribution is 5.92. The molecule has 0 unspecified atom stereocenters. The zero-order valence-corrected chi connectivity index (χ0v) is 11.0. The van der Waals surface area contributed by atoms with E-state index in [-0.39, 0.29) is 5.91 Å². The molecular weight excluding hydrogens is 240 g/mol. The predicted molar refractivity (Wildman–Crippen MR) is 75.4 cm³/mol. The minimum Gasteiger partial charge on any atom is -0.324 e. The van der Waals surface area contributed by atoms with Gasteiger partial charge in [0.2, 0.25) is 5.91 Å². The Hall–Kier alpha value is -2.14. The minimum absolute atomic E-state index is 0.000515. The molecule has 0 atom stereocenters. The quantitative estimate of drug-likeness (QED) is 0.777. The highest BCUT2D eigenvalue weighted by atomic mass is 16.1. The van der Waals surface area contributed by atoms with Gasteiger partial charge in [-0.05, 0) is 24.7 Å². The number of rotatable bonds is 6. The van der Waals surface area contributed by atoms with Crippen molar-refractivity contribution in [2.45, 2.75) is 13.3 Å². The van der Waals surface area contributed by atoms with Crippen molar-refractivity contribution in [2.24, 2.45) is 0 Å². The number of nitrogens with one attached hydrogen (secondary N) is 2. The summed E-state index contributed by atoms with van der Waals surface area (Å²) in [5, 5.41) is 10.2. The topological polar surface area (TPSA) is 59.0 Å². The van der Waals surface area contributed by atoms with Crippen molar-refractivity contribution in [3.05, 3.63) is 42.7 Å². The lowest BCUT2D eigenvalue weighted by atomic mass is 10.2. The van der Waals surface area contributed by atoms with Gasteiger partial charge in [0, 0.05) is 25.4 Å². The second-order valence-electron chi connectivity index (χ2n) is 4.12. The molecule has 100 valence electrons. The van der Waals surface area contributed by atoms with Gasteiger partial charge in [-0.15, -0.1) is 0 Å². The Morgan fingerprint density at radius 1 is 1.32 bits per heavy atom. The molecule has 5 nitrogen and oxygen atoms in total. The molecule has 0 saturated heterocycles. The molecule has 2 rings (SSSR count). The second-order valence-corrected chi connectivity index (χ2v) is 4.12. The molecule has 2 N–H and O–H groups in total. The van der Waals surface area contributed by atoms with Crippen LogP contribution in [0.1, 0.15) is 13.3 Å². The van der Waals surface area contributed by atoms with Crippen LogP contribution in [0.2, 0.25) is 0 Å². The van der Waals surface area contributed by atoms with Crippen LogP contribution in [-0.4, -0.2) is 28.8 Å². The van der Waals surface area contributed by atoms with E-state index in [1.807, 2.05) is 43.5 Å². The Morgan fingerprint density at radius 3 is 2.89 bits per heavy atom. The van der Waals surface area contributed by atoms with E-state index in [0.717, 1.165) is 17.9 Å². The Bertz CT molecular complexity index is 522. The number of carbonyl (C=O) groups excluding carboxylic acids is 1. The van der Waals surface area contributed by atoms with Crippen LogP contribution in [0.25, 0.3) is 5.69 Å². The molecule has 1 heterocycles. The van der Waals surface area contributed by atoms with Gasteiger partial charge in [0.05, 0.1) is 11.4 Å². The summed E-state index contributed by atoms with van der Waals surface area (Å²) >= 11 is 0. The molecule has 0 saturated carbocycles. The molecule has 0 bridgehead atoms. The van der Waals surface area contributed by atoms with E-state index in [4.69, 9.17) is 0 Å². The summed E-state index contributed by atoms with van der Waals surface area (Å²) in [5.41, 5.74) is 1.64.